The molecule has 1 amide bonds. The topological polar surface area (TPSA) is 46.3 Å². The van der Waals surface area contributed by atoms with Crippen LogP contribution in [0.4, 0.5) is 5.69 Å². The predicted molar refractivity (Wildman–Crippen MR) is 71.9 cm³/mol. The lowest BCUT2D eigenvalue weighted by Crippen LogP contribution is -2.37. The molecule has 0 spiro atoms. The van der Waals surface area contributed by atoms with Crippen LogP contribution >= 0.6 is 0 Å². The molecule has 0 aromatic heterocycles. The predicted octanol–water partition coefficient (Wildman–Crippen LogP) is 2.20. The highest BCUT2D eigenvalue weighted by molar-refractivity contribution is 5.83. The third kappa shape index (κ3) is 1.78. The van der Waals surface area contributed by atoms with E-state index in [1.807, 2.05) is 17.0 Å². The fraction of sp³-hybridized carbons (Fsp3) is 0.533. The number of amides is 1. The van der Waals surface area contributed by atoms with Crippen LogP contribution in [0, 0.1) is 11.3 Å². The average Bonchev–Trinajstić information content (AvgIpc) is 2.97. The van der Waals surface area contributed by atoms with Crippen molar-refractivity contribution in [3.63, 3.8) is 0 Å². The van der Waals surface area contributed by atoms with Crippen molar-refractivity contribution in [2.24, 2.45) is 11.3 Å². The molecule has 1 aromatic rings. The van der Waals surface area contributed by atoms with Gasteiger partial charge in [-0.25, -0.2) is 0 Å². The molecule has 1 aliphatic heterocycles. The molecule has 1 heterocycles. The Bertz CT molecular complexity index is 507. The fourth-order valence-corrected chi connectivity index (χ4v) is 2.94. The Morgan fingerprint density at radius 3 is 2.83 bits per heavy atom. The van der Waals surface area contributed by atoms with Crippen molar-refractivity contribution in [2.45, 2.75) is 33.2 Å². The summed E-state index contributed by atoms with van der Waals surface area (Å²) in [6, 6.07) is 6.01. The summed E-state index contributed by atoms with van der Waals surface area (Å²) in [7, 11) is 0. The first-order valence-corrected chi connectivity index (χ1v) is 6.64. The van der Waals surface area contributed by atoms with Crippen LogP contribution in [0.15, 0.2) is 18.2 Å². The fourth-order valence-electron chi connectivity index (χ4n) is 2.94. The number of benzene rings is 1. The Morgan fingerprint density at radius 2 is 2.17 bits per heavy atom. The smallest absolute Gasteiger partial charge is 0.226 e. The average molecular weight is 244 g/mol. The van der Waals surface area contributed by atoms with E-state index in [1.54, 1.807) is 0 Å². The van der Waals surface area contributed by atoms with E-state index in [1.165, 1.54) is 11.1 Å². The van der Waals surface area contributed by atoms with Gasteiger partial charge in [-0.1, -0.05) is 26.0 Å². The van der Waals surface area contributed by atoms with Gasteiger partial charge >= 0.3 is 0 Å². The van der Waals surface area contributed by atoms with E-state index in [0.717, 1.165) is 31.6 Å². The molecule has 3 heteroatoms. The maximum Gasteiger partial charge on any atom is 0.226 e. The molecule has 1 aromatic carbocycles. The molecule has 1 fully saturated rings. The van der Waals surface area contributed by atoms with Gasteiger partial charge in [-0.2, -0.15) is 0 Å². The summed E-state index contributed by atoms with van der Waals surface area (Å²) in [5, 5.41) is 0. The highest BCUT2D eigenvalue weighted by Crippen LogP contribution is 2.52. The molecule has 1 aliphatic carbocycles. The summed E-state index contributed by atoms with van der Waals surface area (Å²) < 4.78 is 0. The lowest BCUT2D eigenvalue weighted by molar-refractivity contribution is -0.134. The minimum atomic E-state index is 0.215. The molecule has 1 atom stereocenters. The van der Waals surface area contributed by atoms with Gasteiger partial charge in [-0.3, -0.25) is 4.79 Å². The Kier molecular flexibility index (Phi) is 2.40. The van der Waals surface area contributed by atoms with E-state index in [2.05, 4.69) is 19.9 Å². The lowest BCUT2D eigenvalue weighted by atomic mass is 9.97. The van der Waals surface area contributed by atoms with E-state index in [-0.39, 0.29) is 11.3 Å². The van der Waals surface area contributed by atoms with E-state index in [4.69, 9.17) is 5.73 Å². The first kappa shape index (κ1) is 11.6. The zero-order chi connectivity index (χ0) is 12.9. The molecule has 0 radical (unpaired) electrons. The molecule has 1 unspecified atom stereocenters. The van der Waals surface area contributed by atoms with Crippen LogP contribution in [-0.2, 0) is 17.8 Å². The molecule has 0 bridgehead atoms. The first-order valence-electron chi connectivity index (χ1n) is 6.64. The normalized spacial score (nSPS) is 24.6. The first-order chi connectivity index (χ1) is 8.49. The minimum absolute atomic E-state index is 0.215. The largest absolute Gasteiger partial charge is 0.398 e. The van der Waals surface area contributed by atoms with Crippen molar-refractivity contribution < 1.29 is 4.79 Å². The number of carbonyl (C=O) groups excluding carboxylic acids is 1. The Labute approximate surface area is 108 Å². The molecule has 3 rings (SSSR count). The van der Waals surface area contributed by atoms with Gasteiger partial charge in [-0.15, -0.1) is 0 Å². The van der Waals surface area contributed by atoms with Crippen LogP contribution in [0.2, 0.25) is 0 Å². The highest BCUT2D eigenvalue weighted by Gasteiger charge is 2.52. The van der Waals surface area contributed by atoms with Crippen molar-refractivity contribution in [3.05, 3.63) is 29.3 Å². The van der Waals surface area contributed by atoms with Crippen molar-refractivity contribution in [3.8, 4) is 0 Å². The van der Waals surface area contributed by atoms with E-state index in [9.17, 15) is 4.79 Å². The Morgan fingerprint density at radius 1 is 1.44 bits per heavy atom. The number of hydrogen-bond acceptors (Lipinski definition) is 2. The molecule has 18 heavy (non-hydrogen) atoms. The van der Waals surface area contributed by atoms with E-state index >= 15 is 0 Å². The van der Waals surface area contributed by atoms with Gasteiger partial charge in [0.25, 0.3) is 0 Å². The number of anilines is 1. The van der Waals surface area contributed by atoms with Crippen LogP contribution in [-0.4, -0.2) is 17.4 Å². The van der Waals surface area contributed by atoms with Crippen LogP contribution < -0.4 is 5.73 Å². The van der Waals surface area contributed by atoms with Crippen molar-refractivity contribution in [1.29, 1.82) is 0 Å². The molecule has 2 N–H and O–H groups in total. The van der Waals surface area contributed by atoms with Gasteiger partial charge in [-0.05, 0) is 35.4 Å². The third-order valence-corrected chi connectivity index (χ3v) is 4.43. The van der Waals surface area contributed by atoms with Crippen LogP contribution in [0.25, 0.3) is 0 Å². The Hall–Kier alpha value is -1.51. The van der Waals surface area contributed by atoms with Gasteiger partial charge in [0.05, 0.1) is 0 Å². The van der Waals surface area contributed by atoms with E-state index in [0.29, 0.717) is 5.91 Å². The van der Waals surface area contributed by atoms with Gasteiger partial charge in [0.2, 0.25) is 5.91 Å². The van der Waals surface area contributed by atoms with Gasteiger partial charge in [0, 0.05) is 24.7 Å². The molecule has 1 saturated carbocycles. The molecular weight excluding hydrogens is 224 g/mol. The number of carbonyl (C=O) groups is 1. The van der Waals surface area contributed by atoms with E-state index < -0.39 is 0 Å². The Balaban J connectivity index is 1.78. The summed E-state index contributed by atoms with van der Waals surface area (Å²) in [6.07, 6.45) is 1.92. The second kappa shape index (κ2) is 3.74. The monoisotopic (exact) mass is 244 g/mol. The number of fused-ring (bicyclic) bond motifs is 1. The lowest BCUT2D eigenvalue weighted by Gasteiger charge is -2.30. The minimum Gasteiger partial charge on any atom is -0.398 e. The van der Waals surface area contributed by atoms with Crippen molar-refractivity contribution in [1.82, 2.24) is 4.90 Å². The summed E-state index contributed by atoms with van der Waals surface area (Å²) in [5.74, 6) is 0.563. The maximum absolute atomic E-state index is 12.4. The second-order valence-corrected chi connectivity index (χ2v) is 6.24. The third-order valence-electron chi connectivity index (χ3n) is 4.43. The van der Waals surface area contributed by atoms with Crippen LogP contribution in [0.1, 0.15) is 31.4 Å². The highest BCUT2D eigenvalue weighted by atomic mass is 16.2. The molecule has 0 saturated heterocycles. The SMILES string of the molecule is CC1(C)CC1C(=O)N1CCc2c(N)cccc2C1. The summed E-state index contributed by atoms with van der Waals surface area (Å²) >= 11 is 0. The maximum atomic E-state index is 12.4. The molecule has 3 nitrogen and oxygen atoms in total. The second-order valence-electron chi connectivity index (χ2n) is 6.24. The van der Waals surface area contributed by atoms with Crippen LogP contribution in [0.3, 0.4) is 0 Å². The van der Waals surface area contributed by atoms with Crippen LogP contribution in [0.5, 0.6) is 0 Å². The van der Waals surface area contributed by atoms with Gasteiger partial charge < -0.3 is 10.6 Å². The molecular formula is C15H20N2O. The summed E-state index contributed by atoms with van der Waals surface area (Å²) in [4.78, 5) is 14.4. The number of nitrogens with two attached hydrogens (primary N) is 1. The molecule has 96 valence electrons. The number of nitrogens with zero attached hydrogens (tertiary/aromatic N) is 1. The zero-order valence-electron chi connectivity index (χ0n) is 11.1. The quantitative estimate of drug-likeness (QED) is 0.770. The number of rotatable bonds is 1. The van der Waals surface area contributed by atoms with Crippen molar-refractivity contribution in [2.75, 3.05) is 12.3 Å². The number of hydrogen-bond donors (Lipinski definition) is 1. The van der Waals surface area contributed by atoms with Gasteiger partial charge in [0.15, 0.2) is 0 Å². The summed E-state index contributed by atoms with van der Waals surface area (Å²) in [6.45, 7) is 5.88. The number of nitrogen functional groups attached to an aromatic ring is 1. The summed E-state index contributed by atoms with van der Waals surface area (Å²) in [5.41, 5.74) is 9.51. The van der Waals surface area contributed by atoms with Gasteiger partial charge in [0.1, 0.15) is 0 Å². The standard InChI is InChI=1S/C15H20N2O/c1-15(2)8-12(15)14(18)17-7-6-11-10(9-17)4-3-5-13(11)16/h3-5,12H,6-9,16H2,1-2H3. The van der Waals surface area contributed by atoms with Crippen molar-refractivity contribution >= 4 is 11.6 Å². The zero-order valence-corrected chi connectivity index (χ0v) is 11.1. The molecule has 2 aliphatic rings.